The predicted molar refractivity (Wildman–Crippen MR) is 81.8 cm³/mol. The molecule has 0 saturated carbocycles. The molecule has 1 fully saturated rings. The Bertz CT molecular complexity index is 437. The third kappa shape index (κ3) is 2.69. The maximum Gasteiger partial charge on any atom is 0.0666 e. The van der Waals surface area contributed by atoms with Crippen molar-refractivity contribution in [3.8, 4) is 0 Å². The van der Waals surface area contributed by atoms with Gasteiger partial charge in [0.25, 0.3) is 0 Å². The summed E-state index contributed by atoms with van der Waals surface area (Å²) in [5, 5.41) is 4.88. The molecule has 1 heterocycles. The second-order valence-corrected chi connectivity index (χ2v) is 7.06. The minimum atomic E-state index is 0.416. The molecule has 0 amide bonds. The van der Waals surface area contributed by atoms with Gasteiger partial charge in [0, 0.05) is 23.1 Å². The first-order valence-electron chi connectivity index (χ1n) is 7.31. The molecule has 1 aromatic carbocycles. The van der Waals surface area contributed by atoms with Gasteiger partial charge in [-0.2, -0.15) is 11.8 Å². The van der Waals surface area contributed by atoms with Crippen LogP contribution in [0.4, 0.5) is 0 Å². The SMILES string of the molecule is CNC1c2ccccc2CCC1SC1CCOC1C. The zero-order valence-electron chi connectivity index (χ0n) is 11.8. The van der Waals surface area contributed by atoms with Gasteiger partial charge in [-0.15, -0.1) is 0 Å². The molecule has 3 heteroatoms. The molecule has 2 nitrogen and oxygen atoms in total. The molecule has 0 bridgehead atoms. The molecule has 1 N–H and O–H groups in total. The summed E-state index contributed by atoms with van der Waals surface area (Å²) < 4.78 is 5.70. The summed E-state index contributed by atoms with van der Waals surface area (Å²) in [4.78, 5) is 0. The first-order chi connectivity index (χ1) is 9.29. The van der Waals surface area contributed by atoms with E-state index in [1.54, 1.807) is 0 Å². The summed E-state index contributed by atoms with van der Waals surface area (Å²) in [5.41, 5.74) is 3.02. The van der Waals surface area contributed by atoms with Gasteiger partial charge >= 0.3 is 0 Å². The molecule has 0 radical (unpaired) electrons. The summed E-state index contributed by atoms with van der Waals surface area (Å²) in [5.74, 6) is 0. The molecule has 19 heavy (non-hydrogen) atoms. The van der Waals surface area contributed by atoms with E-state index in [0.29, 0.717) is 22.6 Å². The molecule has 1 aliphatic carbocycles. The fraction of sp³-hybridized carbons (Fsp3) is 0.625. The van der Waals surface area contributed by atoms with Gasteiger partial charge in [0.1, 0.15) is 0 Å². The molecule has 4 unspecified atom stereocenters. The van der Waals surface area contributed by atoms with Crippen LogP contribution in [0.15, 0.2) is 24.3 Å². The van der Waals surface area contributed by atoms with Crippen LogP contribution in [0, 0.1) is 0 Å². The molecule has 0 aromatic heterocycles. The van der Waals surface area contributed by atoms with Crippen LogP contribution in [0.25, 0.3) is 0 Å². The van der Waals surface area contributed by atoms with Crippen LogP contribution in [0.2, 0.25) is 0 Å². The third-order valence-electron chi connectivity index (χ3n) is 4.43. The second-order valence-electron chi connectivity index (χ2n) is 5.58. The number of hydrogen-bond acceptors (Lipinski definition) is 3. The summed E-state index contributed by atoms with van der Waals surface area (Å²) in [6, 6.07) is 9.38. The van der Waals surface area contributed by atoms with Gasteiger partial charge in [-0.05, 0) is 44.4 Å². The highest BCUT2D eigenvalue weighted by molar-refractivity contribution is 8.00. The van der Waals surface area contributed by atoms with Crippen molar-refractivity contribution >= 4 is 11.8 Å². The summed E-state index contributed by atoms with van der Waals surface area (Å²) in [7, 11) is 2.09. The average molecular weight is 277 g/mol. The van der Waals surface area contributed by atoms with Gasteiger partial charge in [0.15, 0.2) is 0 Å². The molecule has 104 valence electrons. The van der Waals surface area contributed by atoms with Crippen LogP contribution in [0.3, 0.4) is 0 Å². The minimum Gasteiger partial charge on any atom is -0.377 e. The van der Waals surface area contributed by atoms with E-state index in [2.05, 4.69) is 55.3 Å². The van der Waals surface area contributed by atoms with Crippen molar-refractivity contribution in [3.05, 3.63) is 35.4 Å². The lowest BCUT2D eigenvalue weighted by molar-refractivity contribution is 0.127. The zero-order chi connectivity index (χ0) is 13.2. The fourth-order valence-electron chi connectivity index (χ4n) is 3.33. The number of aryl methyl sites for hydroxylation is 1. The van der Waals surface area contributed by atoms with Crippen molar-refractivity contribution in [3.63, 3.8) is 0 Å². The van der Waals surface area contributed by atoms with E-state index in [1.807, 2.05) is 0 Å². The van der Waals surface area contributed by atoms with Crippen LogP contribution >= 0.6 is 11.8 Å². The predicted octanol–water partition coefficient (Wildman–Crippen LogP) is 3.17. The number of rotatable bonds is 3. The molecule has 4 atom stereocenters. The molecule has 1 aromatic rings. The maximum atomic E-state index is 5.70. The largest absolute Gasteiger partial charge is 0.377 e. The van der Waals surface area contributed by atoms with Gasteiger partial charge in [-0.25, -0.2) is 0 Å². The monoisotopic (exact) mass is 277 g/mol. The lowest BCUT2D eigenvalue weighted by Crippen LogP contribution is -2.34. The smallest absolute Gasteiger partial charge is 0.0666 e. The topological polar surface area (TPSA) is 21.3 Å². The number of nitrogens with one attached hydrogen (secondary N) is 1. The maximum absolute atomic E-state index is 5.70. The Morgan fingerprint density at radius 3 is 2.79 bits per heavy atom. The number of benzene rings is 1. The summed E-state index contributed by atoms with van der Waals surface area (Å²) >= 11 is 2.15. The normalized spacial score (nSPS) is 34.2. The van der Waals surface area contributed by atoms with E-state index < -0.39 is 0 Å². The Morgan fingerprint density at radius 1 is 1.21 bits per heavy atom. The highest BCUT2D eigenvalue weighted by atomic mass is 32.2. The van der Waals surface area contributed by atoms with E-state index in [9.17, 15) is 0 Å². The number of hydrogen-bond donors (Lipinski definition) is 1. The van der Waals surface area contributed by atoms with E-state index >= 15 is 0 Å². The van der Waals surface area contributed by atoms with Gasteiger partial charge in [0.2, 0.25) is 0 Å². The Labute approximate surface area is 120 Å². The Kier molecular flexibility index (Phi) is 4.15. The molecule has 2 aliphatic rings. The second kappa shape index (κ2) is 5.86. The first-order valence-corrected chi connectivity index (χ1v) is 8.26. The van der Waals surface area contributed by atoms with Gasteiger partial charge < -0.3 is 10.1 Å². The molecule has 0 spiro atoms. The van der Waals surface area contributed by atoms with Crippen molar-refractivity contribution < 1.29 is 4.74 Å². The average Bonchev–Trinajstić information content (AvgIpc) is 2.84. The zero-order valence-corrected chi connectivity index (χ0v) is 12.6. The molecule has 1 aliphatic heterocycles. The van der Waals surface area contributed by atoms with Crippen LogP contribution in [-0.4, -0.2) is 30.3 Å². The van der Waals surface area contributed by atoms with Crippen molar-refractivity contribution in [1.29, 1.82) is 0 Å². The van der Waals surface area contributed by atoms with Gasteiger partial charge in [-0.3, -0.25) is 0 Å². The fourth-order valence-corrected chi connectivity index (χ4v) is 5.01. The molecule has 1 saturated heterocycles. The van der Waals surface area contributed by atoms with Crippen LogP contribution in [-0.2, 0) is 11.2 Å². The van der Waals surface area contributed by atoms with Crippen LogP contribution in [0.1, 0.15) is 36.9 Å². The number of fused-ring (bicyclic) bond motifs is 1. The molecule has 3 rings (SSSR count). The van der Waals surface area contributed by atoms with E-state index in [0.717, 1.165) is 6.61 Å². The lowest BCUT2D eigenvalue weighted by Gasteiger charge is -2.35. The Balaban J connectivity index is 1.76. The van der Waals surface area contributed by atoms with Crippen LogP contribution in [0.5, 0.6) is 0 Å². The first kappa shape index (κ1) is 13.5. The summed E-state index contributed by atoms with van der Waals surface area (Å²) in [6.45, 7) is 3.15. The highest BCUT2D eigenvalue weighted by Crippen LogP contribution is 2.41. The summed E-state index contributed by atoms with van der Waals surface area (Å²) in [6.07, 6.45) is 4.12. The Hall–Kier alpha value is -0.510. The standard InChI is InChI=1S/C16H23NOS/c1-11-14(9-10-18-11)19-15-8-7-12-5-3-4-6-13(12)16(15)17-2/h3-6,11,14-17H,7-10H2,1-2H3. The molecular weight excluding hydrogens is 254 g/mol. The van der Waals surface area contributed by atoms with Gasteiger partial charge in [0.05, 0.1) is 6.10 Å². The number of ether oxygens (including phenoxy) is 1. The lowest BCUT2D eigenvalue weighted by atomic mass is 9.87. The Morgan fingerprint density at radius 2 is 2.05 bits per heavy atom. The van der Waals surface area contributed by atoms with E-state index in [-0.39, 0.29) is 0 Å². The van der Waals surface area contributed by atoms with Crippen molar-refractivity contribution in [2.24, 2.45) is 0 Å². The van der Waals surface area contributed by atoms with E-state index in [1.165, 1.54) is 30.4 Å². The van der Waals surface area contributed by atoms with Crippen molar-refractivity contribution in [1.82, 2.24) is 5.32 Å². The van der Waals surface area contributed by atoms with E-state index in [4.69, 9.17) is 4.74 Å². The highest BCUT2D eigenvalue weighted by Gasteiger charge is 2.34. The number of thioether (sulfide) groups is 1. The van der Waals surface area contributed by atoms with Gasteiger partial charge in [-0.1, -0.05) is 24.3 Å². The van der Waals surface area contributed by atoms with Crippen LogP contribution < -0.4 is 5.32 Å². The third-order valence-corrected chi connectivity index (χ3v) is 6.25. The minimum absolute atomic E-state index is 0.416. The van der Waals surface area contributed by atoms with Crippen molar-refractivity contribution in [2.75, 3.05) is 13.7 Å². The molecular formula is C16H23NOS. The quantitative estimate of drug-likeness (QED) is 0.917. The van der Waals surface area contributed by atoms with Crippen molar-refractivity contribution in [2.45, 2.75) is 48.8 Å².